The van der Waals surface area contributed by atoms with Gasteiger partial charge in [-0.25, -0.2) is 0 Å². The Morgan fingerprint density at radius 3 is 2.23 bits per heavy atom. The largest absolute Gasteiger partial charge is 0.490 e. The van der Waals surface area contributed by atoms with E-state index in [4.69, 9.17) is 65.5 Å². The van der Waals surface area contributed by atoms with Crippen molar-refractivity contribution in [3.63, 3.8) is 0 Å². The maximum absolute atomic E-state index is 6.24. The van der Waals surface area contributed by atoms with Crippen molar-refractivity contribution in [3.8, 4) is 17.2 Å². The molecular formula is C22H23Cl4NO4. The fourth-order valence-electron chi connectivity index (χ4n) is 2.18. The molecule has 0 heterocycles. The molecule has 9 heteroatoms. The molecule has 2 aromatic rings. The SMILES string of the molecule is CCC(C)O/N=C/c1ccc(OCCOc2c(Cl)cc(OCC=C(Cl)Cl)cc2Cl)cc1. The molecule has 0 amide bonds. The first kappa shape index (κ1) is 25.5. The second-order valence-electron chi connectivity index (χ2n) is 6.35. The minimum atomic E-state index is 0.0942. The summed E-state index contributed by atoms with van der Waals surface area (Å²) in [4.78, 5) is 5.28. The molecule has 168 valence electrons. The second-order valence-corrected chi connectivity index (χ2v) is 8.17. The van der Waals surface area contributed by atoms with E-state index in [-0.39, 0.29) is 23.8 Å². The van der Waals surface area contributed by atoms with E-state index in [1.165, 1.54) is 6.08 Å². The van der Waals surface area contributed by atoms with E-state index in [0.29, 0.717) is 33.9 Å². The third-order valence-corrected chi connectivity index (χ3v) is 4.83. The molecule has 0 aliphatic carbocycles. The van der Waals surface area contributed by atoms with Crippen LogP contribution in [-0.4, -0.2) is 32.1 Å². The van der Waals surface area contributed by atoms with Crippen LogP contribution in [0.25, 0.3) is 0 Å². The van der Waals surface area contributed by atoms with Crippen LogP contribution in [0.1, 0.15) is 25.8 Å². The Hall–Kier alpha value is -1.79. The lowest BCUT2D eigenvalue weighted by Crippen LogP contribution is -2.09. The molecule has 31 heavy (non-hydrogen) atoms. The van der Waals surface area contributed by atoms with Crippen LogP contribution in [0.15, 0.2) is 52.1 Å². The number of ether oxygens (including phenoxy) is 3. The standard InChI is InChI=1S/C22H23Cl4NO4/c1-3-15(2)31-27-14-16-4-6-17(7-5-16)29-10-11-30-22-19(23)12-18(13-20(22)24)28-9-8-21(25)26/h4-8,12-15H,3,9-11H2,1-2H3/b27-14+. The Kier molecular flexibility index (Phi) is 11.2. The molecule has 0 radical (unpaired) electrons. The third-order valence-electron chi connectivity index (χ3n) is 3.96. The smallest absolute Gasteiger partial charge is 0.156 e. The van der Waals surface area contributed by atoms with Crippen molar-refractivity contribution in [2.45, 2.75) is 26.4 Å². The van der Waals surface area contributed by atoms with Crippen LogP contribution in [0, 0.1) is 0 Å². The van der Waals surface area contributed by atoms with Crippen LogP contribution in [0.5, 0.6) is 17.2 Å². The molecule has 1 unspecified atom stereocenters. The lowest BCUT2D eigenvalue weighted by molar-refractivity contribution is 0.0712. The molecule has 0 spiro atoms. The first-order valence-electron chi connectivity index (χ1n) is 9.57. The quantitative estimate of drug-likeness (QED) is 0.172. The Balaban J connectivity index is 1.80. The highest BCUT2D eigenvalue weighted by Crippen LogP contribution is 2.37. The summed E-state index contributed by atoms with van der Waals surface area (Å²) in [6.07, 6.45) is 4.17. The van der Waals surface area contributed by atoms with E-state index in [9.17, 15) is 0 Å². The Bertz CT molecular complexity index is 861. The van der Waals surface area contributed by atoms with Crippen LogP contribution in [0.4, 0.5) is 0 Å². The van der Waals surface area contributed by atoms with Gasteiger partial charge >= 0.3 is 0 Å². The molecule has 2 aromatic carbocycles. The number of hydrogen-bond donors (Lipinski definition) is 0. The molecule has 0 aliphatic heterocycles. The molecule has 0 N–H and O–H groups in total. The fraction of sp³-hybridized carbons (Fsp3) is 0.318. The van der Waals surface area contributed by atoms with Crippen LogP contribution < -0.4 is 14.2 Å². The molecule has 1 atom stereocenters. The molecule has 0 fully saturated rings. The van der Waals surface area contributed by atoms with Gasteiger partial charge in [0.15, 0.2) is 5.75 Å². The van der Waals surface area contributed by atoms with E-state index >= 15 is 0 Å². The first-order valence-corrected chi connectivity index (χ1v) is 11.1. The zero-order chi connectivity index (χ0) is 22.6. The van der Waals surface area contributed by atoms with Crippen LogP contribution in [-0.2, 0) is 4.84 Å². The predicted molar refractivity (Wildman–Crippen MR) is 128 cm³/mol. The minimum absolute atomic E-state index is 0.0942. The van der Waals surface area contributed by atoms with Gasteiger partial charge in [0.1, 0.15) is 41.9 Å². The van der Waals surface area contributed by atoms with E-state index in [2.05, 4.69) is 5.16 Å². The van der Waals surface area contributed by atoms with Gasteiger partial charge in [0, 0.05) is 12.1 Å². The van der Waals surface area contributed by atoms with Gasteiger partial charge in [-0.15, -0.1) is 0 Å². The molecule has 0 aromatic heterocycles. The van der Waals surface area contributed by atoms with Gasteiger partial charge in [0.05, 0.1) is 16.3 Å². The van der Waals surface area contributed by atoms with Crippen molar-refractivity contribution in [2.24, 2.45) is 5.16 Å². The number of halogens is 4. The van der Waals surface area contributed by atoms with Crippen LogP contribution in [0.3, 0.4) is 0 Å². The summed E-state index contributed by atoms with van der Waals surface area (Å²) in [7, 11) is 0. The Morgan fingerprint density at radius 2 is 1.61 bits per heavy atom. The number of benzene rings is 2. The third kappa shape index (κ3) is 9.48. The van der Waals surface area contributed by atoms with Gasteiger partial charge in [-0.1, -0.05) is 58.5 Å². The number of hydrogen-bond acceptors (Lipinski definition) is 5. The predicted octanol–water partition coefficient (Wildman–Crippen LogP) is 7.30. The maximum Gasteiger partial charge on any atom is 0.156 e. The topological polar surface area (TPSA) is 49.3 Å². The van der Waals surface area contributed by atoms with Gasteiger partial charge < -0.3 is 19.0 Å². The lowest BCUT2D eigenvalue weighted by atomic mass is 10.2. The molecule has 0 aliphatic rings. The van der Waals surface area contributed by atoms with Crippen molar-refractivity contribution in [1.29, 1.82) is 0 Å². The van der Waals surface area contributed by atoms with Gasteiger partial charge in [-0.3, -0.25) is 0 Å². The average molecular weight is 507 g/mol. The van der Waals surface area contributed by atoms with Crippen molar-refractivity contribution >= 4 is 52.6 Å². The Morgan fingerprint density at radius 1 is 0.968 bits per heavy atom. The number of nitrogens with zero attached hydrogens (tertiary/aromatic N) is 1. The first-order chi connectivity index (χ1) is 14.9. The van der Waals surface area contributed by atoms with E-state index in [0.717, 1.165) is 12.0 Å². The second kappa shape index (κ2) is 13.6. The maximum atomic E-state index is 6.24. The highest BCUT2D eigenvalue weighted by atomic mass is 35.5. The highest BCUT2D eigenvalue weighted by molar-refractivity contribution is 6.55. The summed E-state index contributed by atoms with van der Waals surface area (Å²) in [5, 5.41) is 4.61. The van der Waals surface area contributed by atoms with Gasteiger partial charge in [0.2, 0.25) is 0 Å². The highest BCUT2D eigenvalue weighted by Gasteiger charge is 2.11. The number of oxime groups is 1. The van der Waals surface area contributed by atoms with Crippen LogP contribution in [0.2, 0.25) is 10.0 Å². The molecule has 5 nitrogen and oxygen atoms in total. The Labute approximate surface area is 202 Å². The zero-order valence-electron chi connectivity index (χ0n) is 17.1. The van der Waals surface area contributed by atoms with Crippen molar-refractivity contribution < 1.29 is 19.0 Å². The van der Waals surface area contributed by atoms with E-state index in [1.54, 1.807) is 18.3 Å². The summed E-state index contributed by atoms with van der Waals surface area (Å²) >= 11 is 23.6. The summed E-state index contributed by atoms with van der Waals surface area (Å²) in [6, 6.07) is 10.7. The lowest BCUT2D eigenvalue weighted by Gasteiger charge is -2.13. The monoisotopic (exact) mass is 505 g/mol. The van der Waals surface area contributed by atoms with E-state index in [1.807, 2.05) is 38.1 Å². The average Bonchev–Trinajstić information content (AvgIpc) is 2.73. The summed E-state index contributed by atoms with van der Waals surface area (Å²) in [6.45, 7) is 4.78. The summed E-state index contributed by atoms with van der Waals surface area (Å²) < 4.78 is 16.9. The zero-order valence-corrected chi connectivity index (χ0v) is 20.1. The van der Waals surface area contributed by atoms with Crippen molar-refractivity contribution in [3.05, 3.63) is 62.6 Å². The summed E-state index contributed by atoms with van der Waals surface area (Å²) in [5.74, 6) is 1.54. The molecule has 0 saturated heterocycles. The van der Waals surface area contributed by atoms with Crippen molar-refractivity contribution in [2.75, 3.05) is 19.8 Å². The van der Waals surface area contributed by atoms with Gasteiger partial charge in [-0.2, -0.15) is 0 Å². The number of rotatable bonds is 12. The van der Waals surface area contributed by atoms with Gasteiger partial charge in [-0.05, 0) is 49.2 Å². The minimum Gasteiger partial charge on any atom is -0.490 e. The fourth-order valence-corrected chi connectivity index (χ4v) is 2.88. The molecule has 2 rings (SSSR count). The normalized spacial score (nSPS) is 11.8. The molecule has 0 bridgehead atoms. The van der Waals surface area contributed by atoms with Crippen molar-refractivity contribution in [1.82, 2.24) is 0 Å². The summed E-state index contributed by atoms with van der Waals surface area (Å²) in [5.41, 5.74) is 0.914. The van der Waals surface area contributed by atoms with Gasteiger partial charge in [0.25, 0.3) is 0 Å². The van der Waals surface area contributed by atoms with E-state index < -0.39 is 0 Å². The molecular weight excluding hydrogens is 484 g/mol. The molecule has 0 saturated carbocycles. The van der Waals surface area contributed by atoms with Crippen LogP contribution >= 0.6 is 46.4 Å².